The Bertz CT molecular complexity index is 689. The van der Waals surface area contributed by atoms with Crippen molar-refractivity contribution >= 4 is 51.7 Å². The number of rotatable bonds is 6. The van der Waals surface area contributed by atoms with Crippen molar-refractivity contribution < 1.29 is 9.59 Å². The minimum atomic E-state index is -0.167. The van der Waals surface area contributed by atoms with Crippen LogP contribution in [0.3, 0.4) is 0 Å². The minimum Gasteiger partial charge on any atom is -0.352 e. The molecule has 2 amide bonds. The number of anilines is 1. The van der Waals surface area contributed by atoms with E-state index in [9.17, 15) is 9.59 Å². The Labute approximate surface area is 153 Å². The van der Waals surface area contributed by atoms with Crippen LogP contribution in [0.5, 0.6) is 0 Å². The Morgan fingerprint density at radius 2 is 1.74 bits per heavy atom. The van der Waals surface area contributed by atoms with Crippen LogP contribution in [0.15, 0.2) is 48.5 Å². The molecule has 0 aliphatic heterocycles. The summed E-state index contributed by atoms with van der Waals surface area (Å²) in [5, 5.41) is 6.24. The maximum Gasteiger partial charge on any atom is 0.251 e. The number of carbonyl (C=O) groups is 2. The second-order valence-electron chi connectivity index (χ2n) is 4.89. The Kier molecular flexibility index (Phi) is 6.85. The minimum absolute atomic E-state index is 0.0603. The third-order valence-corrected chi connectivity index (χ3v) is 4.31. The van der Waals surface area contributed by atoms with Crippen molar-refractivity contribution in [2.75, 3.05) is 11.9 Å². The van der Waals surface area contributed by atoms with Crippen LogP contribution in [0.25, 0.3) is 0 Å². The van der Waals surface area contributed by atoms with E-state index in [-0.39, 0.29) is 11.8 Å². The average Bonchev–Trinajstić information content (AvgIpc) is 2.54. The lowest BCUT2D eigenvalue weighted by molar-refractivity contribution is -0.116. The Morgan fingerprint density at radius 1 is 1.04 bits per heavy atom. The Hall–Kier alpha value is -1.60. The molecule has 0 unspecified atom stereocenters. The number of halogens is 2. The molecule has 0 aliphatic carbocycles. The first kappa shape index (κ1) is 17.7. The van der Waals surface area contributed by atoms with Gasteiger partial charge in [-0.25, -0.2) is 0 Å². The van der Waals surface area contributed by atoms with Gasteiger partial charge in [0.2, 0.25) is 5.91 Å². The number of carbonyl (C=O) groups excluding carboxylic acids is 2. The number of nitrogens with one attached hydrogen (secondary N) is 2. The summed E-state index contributed by atoms with van der Waals surface area (Å²) in [6.45, 7) is 0.445. The zero-order valence-corrected chi connectivity index (χ0v) is 15.2. The third kappa shape index (κ3) is 5.84. The highest BCUT2D eigenvalue weighted by molar-refractivity contribution is 14.1. The van der Waals surface area contributed by atoms with E-state index in [4.69, 9.17) is 11.6 Å². The molecule has 6 heteroatoms. The predicted molar refractivity (Wildman–Crippen MR) is 101 cm³/mol. The van der Waals surface area contributed by atoms with E-state index in [0.29, 0.717) is 30.0 Å². The summed E-state index contributed by atoms with van der Waals surface area (Å²) < 4.78 is 0.995. The molecular formula is C17H16ClIN2O2. The standard InChI is InChI=1S/C17H16ClIN2O2/c18-13-9-7-12(8-10-13)17(23)20-11-3-6-16(22)21-15-5-2-1-4-14(15)19/h1-2,4-5,7-10H,3,6,11H2,(H,20,23)(H,21,22). The fourth-order valence-electron chi connectivity index (χ4n) is 1.93. The molecular weight excluding hydrogens is 427 g/mol. The van der Waals surface area contributed by atoms with Crippen LogP contribution in [0, 0.1) is 3.57 Å². The summed E-state index contributed by atoms with van der Waals surface area (Å²) in [7, 11) is 0. The van der Waals surface area contributed by atoms with Gasteiger partial charge in [0.15, 0.2) is 0 Å². The zero-order chi connectivity index (χ0) is 16.7. The second kappa shape index (κ2) is 8.88. The molecule has 2 N–H and O–H groups in total. The molecule has 0 aromatic heterocycles. The number of hydrogen-bond donors (Lipinski definition) is 2. The van der Waals surface area contributed by atoms with Crippen molar-refractivity contribution in [3.63, 3.8) is 0 Å². The highest BCUT2D eigenvalue weighted by atomic mass is 127. The van der Waals surface area contributed by atoms with E-state index >= 15 is 0 Å². The summed E-state index contributed by atoms with van der Waals surface area (Å²) in [4.78, 5) is 23.8. The van der Waals surface area contributed by atoms with Crippen LogP contribution >= 0.6 is 34.2 Å². The van der Waals surface area contributed by atoms with Crippen molar-refractivity contribution in [2.24, 2.45) is 0 Å². The van der Waals surface area contributed by atoms with E-state index in [2.05, 4.69) is 33.2 Å². The largest absolute Gasteiger partial charge is 0.352 e. The first-order chi connectivity index (χ1) is 11.1. The fraction of sp³-hybridized carbons (Fsp3) is 0.176. The van der Waals surface area contributed by atoms with E-state index in [1.165, 1.54) is 0 Å². The van der Waals surface area contributed by atoms with Crippen LogP contribution in [-0.4, -0.2) is 18.4 Å². The van der Waals surface area contributed by atoms with Gasteiger partial charge in [-0.05, 0) is 65.4 Å². The van der Waals surface area contributed by atoms with Gasteiger partial charge in [0.05, 0.1) is 5.69 Å². The molecule has 2 aromatic rings. The molecule has 4 nitrogen and oxygen atoms in total. The fourth-order valence-corrected chi connectivity index (χ4v) is 2.58. The van der Waals surface area contributed by atoms with Crippen LogP contribution in [0.4, 0.5) is 5.69 Å². The molecule has 120 valence electrons. The Morgan fingerprint density at radius 3 is 2.43 bits per heavy atom. The first-order valence-electron chi connectivity index (χ1n) is 7.14. The first-order valence-corrected chi connectivity index (χ1v) is 8.60. The molecule has 0 radical (unpaired) electrons. The number of para-hydroxylation sites is 1. The van der Waals surface area contributed by atoms with Gasteiger partial charge in [0, 0.05) is 27.1 Å². The van der Waals surface area contributed by atoms with Gasteiger partial charge < -0.3 is 10.6 Å². The molecule has 0 saturated heterocycles. The van der Waals surface area contributed by atoms with Gasteiger partial charge in [0.25, 0.3) is 5.91 Å². The lowest BCUT2D eigenvalue weighted by Crippen LogP contribution is -2.25. The molecule has 2 rings (SSSR count). The van der Waals surface area contributed by atoms with Crippen molar-refractivity contribution in [1.82, 2.24) is 5.32 Å². The zero-order valence-electron chi connectivity index (χ0n) is 12.3. The number of benzene rings is 2. The average molecular weight is 443 g/mol. The second-order valence-corrected chi connectivity index (χ2v) is 6.49. The van der Waals surface area contributed by atoms with E-state index in [1.807, 2.05) is 24.3 Å². The summed E-state index contributed by atoms with van der Waals surface area (Å²) in [5.41, 5.74) is 1.36. The number of hydrogen-bond acceptors (Lipinski definition) is 2. The van der Waals surface area contributed by atoms with E-state index in [0.717, 1.165) is 9.26 Å². The molecule has 0 fully saturated rings. The highest BCUT2D eigenvalue weighted by Crippen LogP contribution is 2.17. The number of amides is 2. The highest BCUT2D eigenvalue weighted by Gasteiger charge is 2.07. The van der Waals surface area contributed by atoms with Gasteiger partial charge >= 0.3 is 0 Å². The van der Waals surface area contributed by atoms with Crippen LogP contribution < -0.4 is 10.6 Å². The van der Waals surface area contributed by atoms with Crippen molar-refractivity contribution in [1.29, 1.82) is 0 Å². The van der Waals surface area contributed by atoms with Crippen molar-refractivity contribution in [3.8, 4) is 0 Å². The van der Waals surface area contributed by atoms with Crippen LogP contribution in [-0.2, 0) is 4.79 Å². The predicted octanol–water partition coefficient (Wildman–Crippen LogP) is 4.09. The SMILES string of the molecule is O=C(CCCNC(=O)c1ccc(Cl)cc1)Nc1ccccc1I. The smallest absolute Gasteiger partial charge is 0.251 e. The topological polar surface area (TPSA) is 58.2 Å². The molecule has 0 saturated carbocycles. The van der Waals surface area contributed by atoms with Gasteiger partial charge in [-0.15, -0.1) is 0 Å². The normalized spacial score (nSPS) is 10.2. The summed E-state index contributed by atoms with van der Waals surface area (Å²) in [6.07, 6.45) is 0.931. The molecule has 0 heterocycles. The van der Waals surface area contributed by atoms with Gasteiger partial charge in [-0.2, -0.15) is 0 Å². The maximum atomic E-state index is 11.9. The lowest BCUT2D eigenvalue weighted by atomic mass is 10.2. The molecule has 23 heavy (non-hydrogen) atoms. The summed E-state index contributed by atoms with van der Waals surface area (Å²) >= 11 is 7.95. The van der Waals surface area contributed by atoms with Crippen molar-refractivity contribution in [2.45, 2.75) is 12.8 Å². The molecule has 0 spiro atoms. The summed E-state index contributed by atoms with van der Waals surface area (Å²) in [5.74, 6) is -0.227. The van der Waals surface area contributed by atoms with E-state index in [1.54, 1.807) is 24.3 Å². The third-order valence-electron chi connectivity index (χ3n) is 3.12. The van der Waals surface area contributed by atoms with Crippen molar-refractivity contribution in [3.05, 3.63) is 62.7 Å². The van der Waals surface area contributed by atoms with Gasteiger partial charge in [-0.3, -0.25) is 9.59 Å². The van der Waals surface area contributed by atoms with E-state index < -0.39 is 0 Å². The summed E-state index contributed by atoms with van der Waals surface area (Å²) in [6, 6.07) is 14.3. The van der Waals surface area contributed by atoms with Gasteiger partial charge in [-0.1, -0.05) is 23.7 Å². The molecule has 0 bridgehead atoms. The van der Waals surface area contributed by atoms with Gasteiger partial charge in [0.1, 0.15) is 0 Å². The quantitative estimate of drug-likeness (QED) is 0.523. The van der Waals surface area contributed by atoms with Crippen LogP contribution in [0.2, 0.25) is 5.02 Å². The Balaban J connectivity index is 1.71. The monoisotopic (exact) mass is 442 g/mol. The van der Waals surface area contributed by atoms with Crippen LogP contribution in [0.1, 0.15) is 23.2 Å². The molecule has 0 atom stereocenters. The molecule has 0 aliphatic rings. The molecule has 2 aromatic carbocycles. The maximum absolute atomic E-state index is 11.9. The lowest BCUT2D eigenvalue weighted by Gasteiger charge is -2.08.